The average Bonchev–Trinajstić information content (AvgIpc) is 3.34. The smallest absolute Gasteiger partial charge is 0.337 e. The molecule has 6 rings (SSSR count). The molecule has 55 heavy (non-hydrogen) atoms. The first kappa shape index (κ1) is 42.3. The summed E-state index contributed by atoms with van der Waals surface area (Å²) in [6.07, 6.45) is -7.26. The Labute approximate surface area is 323 Å². The number of carbonyl (C=O) groups is 3. The van der Waals surface area contributed by atoms with E-state index in [2.05, 4.69) is 33.8 Å². The van der Waals surface area contributed by atoms with Gasteiger partial charge in [0.25, 0.3) is 0 Å². The van der Waals surface area contributed by atoms with Gasteiger partial charge in [-0.25, -0.2) is 4.79 Å². The van der Waals surface area contributed by atoms with Crippen LogP contribution in [-0.4, -0.2) is 123 Å². The van der Waals surface area contributed by atoms with Gasteiger partial charge in [-0.3, -0.25) is 9.59 Å². The lowest BCUT2D eigenvalue weighted by atomic mass is 9.47. The fourth-order valence-corrected chi connectivity index (χ4v) is 11.3. The molecule has 14 heteroatoms. The minimum atomic E-state index is -1.75. The third-order valence-corrected chi connectivity index (χ3v) is 14.3. The van der Waals surface area contributed by atoms with Crippen LogP contribution in [0.3, 0.4) is 0 Å². The van der Waals surface area contributed by atoms with Crippen molar-refractivity contribution in [2.24, 2.45) is 46.3 Å². The summed E-state index contributed by atoms with van der Waals surface area (Å²) in [4.78, 5) is 40.0. The number of allylic oxidation sites excluding steroid dienone is 4. The standard InChI is InChI=1S/C41H62O14/c1-8-22(18(2)3)25(42)15-19(4)27-30(45)31(46)28-23-10-9-20-16-21(11-13-40(20,5)24(23)12-14-41(27,28)6)53-39-34(49)35(33(48)36(55-39)37(50)51-7)54-38-32(47)29(44)26(43)17-52-38/h10,18-22,24,26,28-29,32-36,38-39,43-45,47-49H,8-9,11-17H2,1-7H3/t19-,20+,21+,22-,24+,26-,28+,29+,32-,33+,34-,35+,36+,38+,39-,40+,41-/m1/s1. The summed E-state index contributed by atoms with van der Waals surface area (Å²) in [5.41, 5.74) is 1.05. The molecule has 17 atom stereocenters. The van der Waals surface area contributed by atoms with Crippen LogP contribution in [0, 0.1) is 46.3 Å². The Kier molecular flexibility index (Phi) is 12.4. The highest BCUT2D eigenvalue weighted by atomic mass is 16.7. The van der Waals surface area contributed by atoms with Crippen molar-refractivity contribution in [3.8, 4) is 0 Å². The van der Waals surface area contributed by atoms with Crippen molar-refractivity contribution in [1.82, 2.24) is 0 Å². The van der Waals surface area contributed by atoms with Crippen molar-refractivity contribution in [1.29, 1.82) is 0 Å². The van der Waals surface area contributed by atoms with E-state index in [9.17, 15) is 45.0 Å². The van der Waals surface area contributed by atoms with Crippen LogP contribution in [-0.2, 0) is 38.1 Å². The second kappa shape index (κ2) is 16.2. The molecule has 2 aliphatic heterocycles. The number of rotatable bonds is 11. The fraction of sp³-hybridized carbons (Fsp3) is 0.829. The van der Waals surface area contributed by atoms with Gasteiger partial charge in [0.05, 0.1) is 25.7 Å². The van der Waals surface area contributed by atoms with Gasteiger partial charge in [0, 0.05) is 17.8 Å². The normalized spacial score (nSPS) is 44.3. The number of ketones is 2. The summed E-state index contributed by atoms with van der Waals surface area (Å²) in [5, 5.41) is 64.3. The Morgan fingerprint density at radius 1 is 0.964 bits per heavy atom. The van der Waals surface area contributed by atoms with Gasteiger partial charge in [-0.1, -0.05) is 53.2 Å². The van der Waals surface area contributed by atoms with Gasteiger partial charge < -0.3 is 54.3 Å². The van der Waals surface area contributed by atoms with Crippen LogP contribution < -0.4 is 0 Å². The van der Waals surface area contributed by atoms with E-state index in [1.807, 2.05) is 13.8 Å². The van der Waals surface area contributed by atoms with Gasteiger partial charge in [-0.05, 0) is 79.6 Å². The highest BCUT2D eigenvalue weighted by Gasteiger charge is 2.61. The van der Waals surface area contributed by atoms with E-state index in [1.54, 1.807) is 0 Å². The van der Waals surface area contributed by atoms with Crippen molar-refractivity contribution >= 4 is 17.5 Å². The molecule has 6 aliphatic rings. The minimum Gasteiger partial charge on any atom is -0.504 e. The summed E-state index contributed by atoms with van der Waals surface area (Å²) < 4.78 is 28.0. The zero-order valence-electron chi connectivity index (χ0n) is 33.1. The van der Waals surface area contributed by atoms with E-state index in [0.717, 1.165) is 37.5 Å². The molecular formula is C41H62O14. The molecule has 310 valence electrons. The predicted octanol–water partition coefficient (Wildman–Crippen LogP) is 2.66. The quantitative estimate of drug-likeness (QED) is 0.131. The van der Waals surface area contributed by atoms with E-state index in [4.69, 9.17) is 23.7 Å². The van der Waals surface area contributed by atoms with Crippen LogP contribution in [0.25, 0.3) is 0 Å². The molecule has 2 saturated heterocycles. The number of Topliss-reactive ketones (excluding diaryl/α,β-unsaturated/α-hetero) is 2. The highest BCUT2D eigenvalue weighted by molar-refractivity contribution is 6.02. The monoisotopic (exact) mass is 778 g/mol. The van der Waals surface area contributed by atoms with Crippen LogP contribution in [0.15, 0.2) is 23.0 Å². The lowest BCUT2D eigenvalue weighted by Crippen LogP contribution is -2.64. The van der Waals surface area contributed by atoms with Crippen LogP contribution in [0.1, 0.15) is 92.9 Å². The van der Waals surface area contributed by atoms with Gasteiger partial charge in [0.1, 0.15) is 42.4 Å². The van der Waals surface area contributed by atoms with Crippen molar-refractivity contribution in [3.05, 3.63) is 23.0 Å². The van der Waals surface area contributed by atoms with E-state index in [-0.39, 0.29) is 58.9 Å². The third kappa shape index (κ3) is 7.37. The first-order valence-corrected chi connectivity index (χ1v) is 20.2. The molecule has 0 bridgehead atoms. The summed E-state index contributed by atoms with van der Waals surface area (Å²) in [7, 11) is 1.12. The Morgan fingerprint density at radius 2 is 1.67 bits per heavy atom. The van der Waals surface area contributed by atoms with Crippen LogP contribution in [0.4, 0.5) is 0 Å². The summed E-state index contributed by atoms with van der Waals surface area (Å²) in [5.74, 6) is -1.48. The van der Waals surface area contributed by atoms with E-state index >= 15 is 0 Å². The molecule has 0 aromatic rings. The van der Waals surface area contributed by atoms with E-state index in [1.165, 1.54) is 0 Å². The minimum absolute atomic E-state index is 0.0572. The molecule has 2 saturated carbocycles. The van der Waals surface area contributed by atoms with Gasteiger partial charge in [0.2, 0.25) is 5.78 Å². The molecule has 2 heterocycles. The summed E-state index contributed by atoms with van der Waals surface area (Å²) in [6, 6.07) is 0. The topological polar surface area (TPSA) is 219 Å². The molecule has 6 N–H and O–H groups in total. The molecule has 0 unspecified atom stereocenters. The third-order valence-electron chi connectivity index (χ3n) is 14.3. The number of carbonyl (C=O) groups excluding carboxylic acids is 3. The maximum Gasteiger partial charge on any atom is 0.337 e. The Balaban J connectivity index is 1.16. The SMILES string of the molecule is CC[C@@H](C(=O)C[C@@H](C)C1=C(O)C(=O)[C@@H]2C3=CC[C@H]4C[C@@H](O[C@@H]5O[C@H](C(=O)OC)[C@@H](O)[C@H](O[C@@H]6OC[C@@H](O)[C@H](O)[C@H]6O)[C@H]5O)CC[C@]4(C)[C@H]3CC[C@]12C)C(C)C. The second-order valence-corrected chi connectivity index (χ2v) is 17.9. The van der Waals surface area contributed by atoms with Crippen molar-refractivity contribution < 1.29 is 68.7 Å². The summed E-state index contributed by atoms with van der Waals surface area (Å²) in [6.45, 7) is 12.1. The number of esters is 1. The first-order valence-electron chi connectivity index (χ1n) is 20.2. The van der Waals surface area contributed by atoms with Crippen molar-refractivity contribution in [3.63, 3.8) is 0 Å². The number of hydrogen-bond acceptors (Lipinski definition) is 14. The predicted molar refractivity (Wildman–Crippen MR) is 195 cm³/mol. The largest absolute Gasteiger partial charge is 0.504 e. The Morgan fingerprint density at radius 3 is 2.33 bits per heavy atom. The molecule has 0 radical (unpaired) electrons. The zero-order chi connectivity index (χ0) is 40.3. The number of methoxy groups -OCH3 is 1. The van der Waals surface area contributed by atoms with E-state index in [0.29, 0.717) is 32.1 Å². The lowest BCUT2D eigenvalue weighted by molar-refractivity contribution is -0.350. The Hall–Kier alpha value is -2.27. The average molecular weight is 779 g/mol. The van der Waals surface area contributed by atoms with Gasteiger partial charge in [-0.2, -0.15) is 0 Å². The first-order chi connectivity index (χ1) is 25.9. The van der Waals surface area contributed by atoms with Crippen LogP contribution in [0.5, 0.6) is 0 Å². The molecule has 0 amide bonds. The number of aliphatic hydroxyl groups is 6. The number of ether oxygens (including phenoxy) is 5. The molecule has 0 aromatic carbocycles. The zero-order valence-corrected chi connectivity index (χ0v) is 33.1. The van der Waals surface area contributed by atoms with Crippen LogP contribution >= 0.6 is 0 Å². The maximum absolute atomic E-state index is 14.0. The van der Waals surface area contributed by atoms with Gasteiger partial charge >= 0.3 is 5.97 Å². The van der Waals surface area contributed by atoms with Crippen LogP contribution in [0.2, 0.25) is 0 Å². The number of aliphatic hydroxyl groups excluding tert-OH is 6. The van der Waals surface area contributed by atoms with Gasteiger partial charge in [0.15, 0.2) is 24.4 Å². The van der Waals surface area contributed by atoms with Gasteiger partial charge in [-0.15, -0.1) is 0 Å². The number of fused-ring (bicyclic) bond motifs is 5. The molecule has 4 aliphatic carbocycles. The van der Waals surface area contributed by atoms with E-state index < -0.39 is 78.7 Å². The molecule has 4 fully saturated rings. The maximum atomic E-state index is 14.0. The molecule has 0 spiro atoms. The molecule has 0 aromatic heterocycles. The second-order valence-electron chi connectivity index (χ2n) is 17.9. The van der Waals surface area contributed by atoms with Crippen molar-refractivity contribution in [2.45, 2.75) is 154 Å². The van der Waals surface area contributed by atoms with Crippen molar-refractivity contribution in [2.75, 3.05) is 13.7 Å². The molecular weight excluding hydrogens is 716 g/mol. The number of hydrogen-bond donors (Lipinski definition) is 6. The fourth-order valence-electron chi connectivity index (χ4n) is 11.3. The lowest BCUT2D eigenvalue weighted by Gasteiger charge is -2.57. The highest BCUT2D eigenvalue weighted by Crippen LogP contribution is 2.65. The summed E-state index contributed by atoms with van der Waals surface area (Å²) >= 11 is 0. The molecule has 14 nitrogen and oxygen atoms in total. The Bertz CT molecular complexity index is 1530.